The molecule has 0 spiro atoms. The number of fused-ring (bicyclic) bond motifs is 2. The van der Waals surface area contributed by atoms with Gasteiger partial charge in [0.05, 0.1) is 18.0 Å². The molecule has 0 saturated heterocycles. The van der Waals surface area contributed by atoms with E-state index >= 15 is 0 Å². The number of amides is 1. The first kappa shape index (κ1) is 24.1. The Balaban J connectivity index is 1.54. The number of carbonyl (C=O) groups is 1. The molecule has 2 heterocycles. The Morgan fingerprint density at radius 3 is 2.54 bits per heavy atom. The average molecular weight is 524 g/mol. The van der Waals surface area contributed by atoms with Crippen molar-refractivity contribution >= 4 is 43.2 Å². The topological polar surface area (TPSA) is 157 Å². The van der Waals surface area contributed by atoms with Gasteiger partial charge in [-0.25, -0.2) is 13.8 Å². The van der Waals surface area contributed by atoms with E-state index in [9.17, 15) is 26.7 Å². The van der Waals surface area contributed by atoms with Crippen molar-refractivity contribution in [3.05, 3.63) is 29.5 Å². The maximum atomic E-state index is 13.7. The lowest BCUT2D eigenvalue weighted by Gasteiger charge is -2.44. The van der Waals surface area contributed by atoms with E-state index in [-0.39, 0.29) is 51.4 Å². The number of hydrogen-bond donors (Lipinski definition) is 4. The Kier molecular flexibility index (Phi) is 6.04. The summed E-state index contributed by atoms with van der Waals surface area (Å²) < 4.78 is 55.3. The minimum Gasteiger partial charge on any atom is -0.511 e. The van der Waals surface area contributed by atoms with Gasteiger partial charge in [0, 0.05) is 17.6 Å². The number of carbonyl (C=O) groups excluding carboxylic acids is 1. The number of nitrogens with zero attached hydrogens (tertiary/aromatic N) is 2. The number of sulfonamides is 2. The third-order valence-electron chi connectivity index (χ3n) is 7.04. The van der Waals surface area contributed by atoms with E-state index in [1.807, 2.05) is 0 Å². The maximum Gasteiger partial charge on any atom is 0.286 e. The minimum atomic E-state index is -4.28. The lowest BCUT2D eigenvalue weighted by molar-refractivity contribution is -0.138. The van der Waals surface area contributed by atoms with Gasteiger partial charge in [-0.15, -0.1) is 4.40 Å². The van der Waals surface area contributed by atoms with Crippen LogP contribution in [0, 0.1) is 5.92 Å². The van der Waals surface area contributed by atoms with Crippen LogP contribution in [0.15, 0.2) is 38.8 Å². The van der Waals surface area contributed by atoms with Gasteiger partial charge < -0.3 is 10.4 Å². The van der Waals surface area contributed by atoms with Gasteiger partial charge in [0.2, 0.25) is 10.0 Å². The Bertz CT molecular complexity index is 1330. The van der Waals surface area contributed by atoms with Crippen molar-refractivity contribution in [1.29, 1.82) is 0 Å². The minimum absolute atomic E-state index is 0.0725. The van der Waals surface area contributed by atoms with Crippen LogP contribution in [0.3, 0.4) is 0 Å². The molecule has 0 aromatic heterocycles. The molecule has 4 aliphatic rings. The van der Waals surface area contributed by atoms with Crippen LogP contribution in [0.2, 0.25) is 0 Å². The lowest BCUT2D eigenvalue weighted by Crippen LogP contribution is -2.60. The molecule has 1 amide bonds. The smallest absolute Gasteiger partial charge is 0.286 e. The molecule has 0 bridgehead atoms. The Hall–Kier alpha value is -2.64. The van der Waals surface area contributed by atoms with Crippen molar-refractivity contribution in [2.75, 3.05) is 16.3 Å². The number of benzene rings is 1. The summed E-state index contributed by atoms with van der Waals surface area (Å²) in [6, 6.07) is 3.96. The molecule has 2 unspecified atom stereocenters. The first-order valence-electron chi connectivity index (χ1n) is 11.8. The summed E-state index contributed by atoms with van der Waals surface area (Å²) in [6.07, 6.45) is 8.26. The third-order valence-corrected chi connectivity index (χ3v) is 8.97. The summed E-state index contributed by atoms with van der Waals surface area (Å²) in [5.41, 5.74) is 3.40. The van der Waals surface area contributed by atoms with Crippen LogP contribution < -0.4 is 15.5 Å². The Labute approximate surface area is 204 Å². The largest absolute Gasteiger partial charge is 0.511 e. The summed E-state index contributed by atoms with van der Waals surface area (Å²) >= 11 is 0. The van der Waals surface area contributed by atoms with Crippen LogP contribution in [0.4, 0.5) is 11.4 Å². The van der Waals surface area contributed by atoms with E-state index in [1.54, 1.807) is 5.01 Å². The number of hydrogen-bond acceptors (Lipinski definition) is 8. The molecule has 4 N–H and O–H groups in total. The molecule has 2 aliphatic heterocycles. The molecular formula is C22H29N5O6S2. The van der Waals surface area contributed by atoms with Gasteiger partial charge in [0.15, 0.2) is 5.84 Å². The highest BCUT2D eigenvalue weighted by Gasteiger charge is 2.46. The molecule has 2 atom stereocenters. The quantitative estimate of drug-likeness (QED) is 0.458. The van der Waals surface area contributed by atoms with E-state index < -0.39 is 26.0 Å². The van der Waals surface area contributed by atoms with Gasteiger partial charge in [-0.3, -0.25) is 14.5 Å². The van der Waals surface area contributed by atoms with Crippen LogP contribution in [0.5, 0.6) is 0 Å². The second-order valence-corrected chi connectivity index (χ2v) is 13.0. The van der Waals surface area contributed by atoms with Crippen LogP contribution >= 0.6 is 0 Å². The van der Waals surface area contributed by atoms with Crippen molar-refractivity contribution in [2.45, 2.75) is 68.3 Å². The summed E-state index contributed by atoms with van der Waals surface area (Å²) in [5.74, 6) is -1.17. The zero-order chi connectivity index (χ0) is 25.0. The molecule has 13 heteroatoms. The van der Waals surface area contributed by atoms with Crippen molar-refractivity contribution in [3.63, 3.8) is 0 Å². The number of aliphatic hydroxyl groups excluding tert-OH is 1. The zero-order valence-corrected chi connectivity index (χ0v) is 21.0. The Morgan fingerprint density at radius 2 is 1.86 bits per heavy atom. The fraction of sp³-hybridized carbons (Fsp3) is 0.545. The first-order chi connectivity index (χ1) is 16.5. The van der Waals surface area contributed by atoms with E-state index in [1.165, 1.54) is 18.2 Å². The van der Waals surface area contributed by atoms with Gasteiger partial charge in [-0.1, -0.05) is 25.7 Å². The summed E-state index contributed by atoms with van der Waals surface area (Å²) in [4.78, 5) is 13.4. The van der Waals surface area contributed by atoms with Gasteiger partial charge in [-0.05, 0) is 43.9 Å². The fourth-order valence-electron chi connectivity index (χ4n) is 5.14. The highest BCUT2D eigenvalue weighted by molar-refractivity contribution is 7.92. The van der Waals surface area contributed by atoms with Gasteiger partial charge in [-0.2, -0.15) is 8.42 Å². The van der Waals surface area contributed by atoms with Crippen molar-refractivity contribution in [3.8, 4) is 0 Å². The highest BCUT2D eigenvalue weighted by atomic mass is 32.2. The molecule has 2 aliphatic carbocycles. The zero-order valence-electron chi connectivity index (χ0n) is 19.3. The van der Waals surface area contributed by atoms with E-state index in [0.717, 1.165) is 51.2 Å². The molecule has 2 fully saturated rings. The molecule has 11 nitrogen and oxygen atoms in total. The van der Waals surface area contributed by atoms with Gasteiger partial charge >= 0.3 is 0 Å². The molecule has 2 saturated carbocycles. The Morgan fingerprint density at radius 1 is 1.11 bits per heavy atom. The maximum absolute atomic E-state index is 13.7. The number of anilines is 2. The van der Waals surface area contributed by atoms with Crippen LogP contribution in [-0.2, 0) is 24.8 Å². The monoisotopic (exact) mass is 523 g/mol. The molecule has 0 radical (unpaired) electrons. The number of amidine groups is 1. The van der Waals surface area contributed by atoms with Gasteiger partial charge in [0.1, 0.15) is 16.2 Å². The molecule has 5 rings (SSSR count). The summed E-state index contributed by atoms with van der Waals surface area (Å²) in [5, 5.41) is 15.7. The van der Waals surface area contributed by atoms with E-state index in [4.69, 9.17) is 0 Å². The second kappa shape index (κ2) is 8.79. The number of nitrogens with one attached hydrogen (secondary N) is 3. The third kappa shape index (κ3) is 4.64. The fourth-order valence-corrected chi connectivity index (χ4v) is 6.84. The predicted molar refractivity (Wildman–Crippen MR) is 131 cm³/mol. The van der Waals surface area contributed by atoms with Crippen molar-refractivity contribution in [2.24, 2.45) is 10.3 Å². The van der Waals surface area contributed by atoms with Gasteiger partial charge in [0.25, 0.3) is 15.9 Å². The van der Waals surface area contributed by atoms with Crippen LogP contribution in [0.1, 0.15) is 51.4 Å². The highest BCUT2D eigenvalue weighted by Crippen LogP contribution is 2.39. The second-order valence-electron chi connectivity index (χ2n) is 9.63. The van der Waals surface area contributed by atoms with Crippen molar-refractivity contribution in [1.82, 2.24) is 10.4 Å². The average Bonchev–Trinajstić information content (AvgIpc) is 2.98. The molecule has 35 heavy (non-hydrogen) atoms. The lowest BCUT2D eigenvalue weighted by atomic mass is 9.85. The standard InChI is InChI=1S/C22H29N5O6S2/c1-34(30,31)25-14-10-11-16-18(12-14)35(32,33)26-21(23-16)19-20(28)15-8-3-2-4-9-17(15)27(22(19)29)24-13-6-5-7-13/h10-13,15,17,24-25,28H,2-9H2,1H3,(H,23,26). The predicted octanol–water partition coefficient (Wildman–Crippen LogP) is 2.23. The van der Waals surface area contributed by atoms with E-state index in [2.05, 4.69) is 19.9 Å². The first-order valence-corrected chi connectivity index (χ1v) is 15.1. The van der Waals surface area contributed by atoms with Crippen LogP contribution in [-0.4, -0.2) is 57.0 Å². The molecule has 1 aromatic rings. The number of hydrazine groups is 1. The normalized spacial score (nSPS) is 26.6. The van der Waals surface area contributed by atoms with E-state index in [0.29, 0.717) is 6.42 Å². The molecule has 190 valence electrons. The van der Waals surface area contributed by atoms with Crippen molar-refractivity contribution < 1.29 is 26.7 Å². The number of aliphatic hydroxyl groups is 1. The molecular weight excluding hydrogens is 494 g/mol. The number of rotatable bonds is 5. The SMILES string of the molecule is CS(=O)(=O)Nc1ccc2c(c1)S(=O)(=O)N=C(C1=C(O)C3CCCCCC3N(NC3CCC3)C1=O)N2. The summed E-state index contributed by atoms with van der Waals surface area (Å²) in [7, 11) is -7.89. The molecule has 1 aromatic carbocycles. The van der Waals surface area contributed by atoms with Crippen LogP contribution in [0.25, 0.3) is 0 Å². The summed E-state index contributed by atoms with van der Waals surface area (Å²) in [6.45, 7) is 0.